The van der Waals surface area contributed by atoms with Gasteiger partial charge >= 0.3 is 0 Å². The highest BCUT2D eigenvalue weighted by atomic mass is 32.1. The minimum atomic E-state index is 0.0825. The molecule has 2 aromatic rings. The highest BCUT2D eigenvalue weighted by Gasteiger charge is 2.28. The van der Waals surface area contributed by atoms with Gasteiger partial charge in [0.1, 0.15) is 0 Å². The summed E-state index contributed by atoms with van der Waals surface area (Å²) in [5.41, 5.74) is 1.02. The molecule has 0 atom stereocenters. The van der Waals surface area contributed by atoms with Crippen LogP contribution in [-0.4, -0.2) is 28.2 Å². The number of aromatic nitrogens is 1. The number of thiophene rings is 1. The van der Waals surface area contributed by atoms with Crippen molar-refractivity contribution in [2.24, 2.45) is 5.92 Å². The quantitative estimate of drug-likeness (QED) is 0.928. The lowest BCUT2D eigenvalue weighted by Gasteiger charge is -2.25. The normalized spacial score (nSPS) is 17.5. The lowest BCUT2D eigenvalue weighted by atomic mass is 9.85. The van der Waals surface area contributed by atoms with E-state index in [1.54, 1.807) is 0 Å². The smallest absolute Gasteiger partial charge is 0.264 e. The number of anilines is 1. The highest BCUT2D eigenvalue weighted by Crippen LogP contribution is 2.32. The van der Waals surface area contributed by atoms with Gasteiger partial charge in [0.25, 0.3) is 5.91 Å². The molecule has 0 spiro atoms. The number of rotatable bonds is 3. The number of fused-ring (bicyclic) bond motifs is 1. The molecule has 2 aliphatic rings. The zero-order chi connectivity index (χ0) is 15.8. The molecule has 5 nitrogen and oxygen atoms in total. The maximum absolute atomic E-state index is 12.4. The molecule has 0 saturated heterocycles. The van der Waals surface area contributed by atoms with Crippen molar-refractivity contribution in [2.45, 2.75) is 32.2 Å². The molecule has 2 amide bonds. The Morgan fingerprint density at radius 1 is 1.35 bits per heavy atom. The van der Waals surface area contributed by atoms with Crippen LogP contribution in [0.25, 0.3) is 0 Å². The van der Waals surface area contributed by atoms with E-state index in [9.17, 15) is 9.59 Å². The second kappa shape index (κ2) is 6.05. The lowest BCUT2D eigenvalue weighted by Crippen LogP contribution is -2.35. The number of hydrogen-bond donors (Lipinski definition) is 1. The van der Waals surface area contributed by atoms with Crippen LogP contribution in [-0.2, 0) is 17.8 Å². The molecule has 0 radical (unpaired) electrons. The molecule has 0 aromatic carbocycles. The summed E-state index contributed by atoms with van der Waals surface area (Å²) in [6.45, 7) is 1.27. The summed E-state index contributed by atoms with van der Waals surface area (Å²) in [6, 6.07) is 3.76. The van der Waals surface area contributed by atoms with Crippen LogP contribution in [0.5, 0.6) is 0 Å². The maximum Gasteiger partial charge on any atom is 0.264 e. The fraction of sp³-hybridized carbons (Fsp3) is 0.438. The molecular formula is C16H17N3O2S2. The monoisotopic (exact) mass is 347 g/mol. The van der Waals surface area contributed by atoms with Crippen molar-refractivity contribution < 1.29 is 9.59 Å². The zero-order valence-electron chi connectivity index (χ0n) is 12.6. The van der Waals surface area contributed by atoms with E-state index in [2.05, 4.69) is 10.3 Å². The summed E-state index contributed by atoms with van der Waals surface area (Å²) in [5.74, 6) is 0.334. The Labute approximate surface area is 142 Å². The van der Waals surface area contributed by atoms with Gasteiger partial charge in [0, 0.05) is 23.8 Å². The van der Waals surface area contributed by atoms with E-state index in [4.69, 9.17) is 0 Å². The van der Waals surface area contributed by atoms with E-state index in [1.807, 2.05) is 22.4 Å². The number of nitrogens with one attached hydrogen (secondary N) is 1. The third-order valence-corrected chi connectivity index (χ3v) is 6.31. The van der Waals surface area contributed by atoms with Crippen LogP contribution in [0, 0.1) is 5.92 Å². The number of amides is 2. The van der Waals surface area contributed by atoms with E-state index in [0.29, 0.717) is 18.2 Å². The van der Waals surface area contributed by atoms with Gasteiger partial charge in [-0.25, -0.2) is 4.98 Å². The molecule has 23 heavy (non-hydrogen) atoms. The van der Waals surface area contributed by atoms with E-state index < -0.39 is 0 Å². The molecule has 3 heterocycles. The first-order valence-electron chi connectivity index (χ1n) is 7.83. The van der Waals surface area contributed by atoms with Gasteiger partial charge in [-0.3, -0.25) is 9.59 Å². The fourth-order valence-electron chi connectivity index (χ4n) is 2.86. The van der Waals surface area contributed by atoms with Gasteiger partial charge in [0.05, 0.1) is 17.1 Å². The van der Waals surface area contributed by atoms with Crippen LogP contribution in [0.4, 0.5) is 5.13 Å². The van der Waals surface area contributed by atoms with Crippen molar-refractivity contribution in [3.8, 4) is 0 Å². The van der Waals surface area contributed by atoms with Crippen LogP contribution in [0.15, 0.2) is 17.5 Å². The molecule has 1 N–H and O–H groups in total. The first-order valence-corrected chi connectivity index (χ1v) is 9.52. The van der Waals surface area contributed by atoms with Crippen molar-refractivity contribution in [1.29, 1.82) is 0 Å². The third-order valence-electron chi connectivity index (χ3n) is 4.46. The molecule has 1 fully saturated rings. The van der Waals surface area contributed by atoms with Crippen molar-refractivity contribution in [2.75, 3.05) is 11.9 Å². The first-order chi connectivity index (χ1) is 11.2. The van der Waals surface area contributed by atoms with Crippen molar-refractivity contribution in [3.63, 3.8) is 0 Å². The number of nitrogens with zero attached hydrogens (tertiary/aromatic N) is 2. The Morgan fingerprint density at radius 3 is 2.91 bits per heavy atom. The number of hydrogen-bond acceptors (Lipinski definition) is 5. The van der Waals surface area contributed by atoms with Gasteiger partial charge in [-0.05, 0) is 24.3 Å². The Kier molecular flexibility index (Phi) is 3.90. The highest BCUT2D eigenvalue weighted by molar-refractivity contribution is 7.16. The van der Waals surface area contributed by atoms with Crippen LogP contribution >= 0.6 is 22.7 Å². The average Bonchev–Trinajstić information content (AvgIpc) is 3.12. The largest absolute Gasteiger partial charge is 0.332 e. The Hall–Kier alpha value is -1.73. The fourth-order valence-corrected chi connectivity index (χ4v) is 4.57. The molecule has 2 aromatic heterocycles. The SMILES string of the molecule is O=C(Nc1nc2c(s1)CN(C(=O)c1cccs1)CC2)C1CCC1. The molecule has 1 aliphatic heterocycles. The van der Waals surface area contributed by atoms with Crippen molar-refractivity contribution >= 4 is 39.6 Å². The molecule has 0 bridgehead atoms. The zero-order valence-corrected chi connectivity index (χ0v) is 14.2. The second-order valence-corrected chi connectivity index (χ2v) is 7.99. The summed E-state index contributed by atoms with van der Waals surface area (Å²) in [6.07, 6.45) is 3.87. The average molecular weight is 347 g/mol. The van der Waals surface area contributed by atoms with Gasteiger partial charge in [0.15, 0.2) is 5.13 Å². The van der Waals surface area contributed by atoms with Crippen LogP contribution in [0.2, 0.25) is 0 Å². The third kappa shape index (κ3) is 2.90. The Morgan fingerprint density at radius 2 is 2.22 bits per heavy atom. The number of thiazole rings is 1. The van der Waals surface area contributed by atoms with Crippen LogP contribution in [0.1, 0.15) is 39.5 Å². The summed E-state index contributed by atoms with van der Waals surface area (Å²) in [4.78, 5) is 32.7. The predicted molar refractivity (Wildman–Crippen MR) is 90.8 cm³/mol. The summed E-state index contributed by atoms with van der Waals surface area (Å²) in [7, 11) is 0. The van der Waals surface area contributed by atoms with Gasteiger partial charge < -0.3 is 10.2 Å². The maximum atomic E-state index is 12.4. The van der Waals surface area contributed by atoms with Gasteiger partial charge in [-0.2, -0.15) is 0 Å². The Balaban J connectivity index is 1.45. The Bertz CT molecular complexity index is 735. The van der Waals surface area contributed by atoms with Gasteiger partial charge in [-0.15, -0.1) is 11.3 Å². The topological polar surface area (TPSA) is 62.3 Å². The van der Waals surface area contributed by atoms with E-state index in [0.717, 1.165) is 41.1 Å². The molecule has 120 valence electrons. The van der Waals surface area contributed by atoms with E-state index in [-0.39, 0.29) is 17.7 Å². The summed E-state index contributed by atoms with van der Waals surface area (Å²) in [5, 5.41) is 5.54. The lowest BCUT2D eigenvalue weighted by molar-refractivity contribution is -0.122. The summed E-state index contributed by atoms with van der Waals surface area (Å²) < 4.78 is 0. The number of carbonyl (C=O) groups is 2. The molecule has 1 saturated carbocycles. The van der Waals surface area contributed by atoms with Gasteiger partial charge in [-0.1, -0.05) is 23.8 Å². The molecule has 0 unspecified atom stereocenters. The van der Waals surface area contributed by atoms with E-state index in [1.165, 1.54) is 22.7 Å². The van der Waals surface area contributed by atoms with Crippen LogP contribution < -0.4 is 5.32 Å². The van der Waals surface area contributed by atoms with E-state index >= 15 is 0 Å². The molecular weight excluding hydrogens is 330 g/mol. The minimum Gasteiger partial charge on any atom is -0.332 e. The summed E-state index contributed by atoms with van der Waals surface area (Å²) >= 11 is 2.97. The van der Waals surface area contributed by atoms with Gasteiger partial charge in [0.2, 0.25) is 5.91 Å². The molecule has 4 rings (SSSR count). The first kappa shape index (κ1) is 14.8. The number of carbonyl (C=O) groups excluding carboxylic acids is 2. The molecule has 1 aliphatic carbocycles. The second-order valence-electron chi connectivity index (χ2n) is 5.96. The molecule has 7 heteroatoms. The predicted octanol–water partition coefficient (Wildman–Crippen LogP) is 3.14. The van der Waals surface area contributed by atoms with Crippen molar-refractivity contribution in [3.05, 3.63) is 33.0 Å². The minimum absolute atomic E-state index is 0.0825. The van der Waals surface area contributed by atoms with Crippen molar-refractivity contribution in [1.82, 2.24) is 9.88 Å². The van der Waals surface area contributed by atoms with Crippen LogP contribution in [0.3, 0.4) is 0 Å². The standard InChI is InChI=1S/C16H17N3O2S2/c20-14(10-3-1-4-10)18-16-17-11-6-7-19(9-13(11)23-16)15(21)12-5-2-8-22-12/h2,5,8,10H,1,3-4,6-7,9H2,(H,17,18,20).